The zero-order chi connectivity index (χ0) is 17.1. The van der Waals surface area contributed by atoms with Crippen LogP contribution in [0.1, 0.15) is 18.9 Å². The highest BCUT2D eigenvalue weighted by molar-refractivity contribution is 5.76. The van der Waals surface area contributed by atoms with E-state index in [-0.39, 0.29) is 5.91 Å². The number of benzene rings is 1. The van der Waals surface area contributed by atoms with E-state index in [0.717, 1.165) is 5.56 Å². The minimum atomic E-state index is -0.480. The number of rotatable bonds is 9. The van der Waals surface area contributed by atoms with Gasteiger partial charge in [-0.05, 0) is 31.0 Å². The summed E-state index contributed by atoms with van der Waals surface area (Å²) in [4.78, 5) is 22.8. The third kappa shape index (κ3) is 6.90. The molecule has 0 aromatic heterocycles. The first-order chi connectivity index (χ1) is 11.1. The summed E-state index contributed by atoms with van der Waals surface area (Å²) in [6.07, 6.45) is 0.471. The van der Waals surface area contributed by atoms with Crippen molar-refractivity contribution in [2.75, 3.05) is 33.9 Å². The van der Waals surface area contributed by atoms with Gasteiger partial charge in [-0.15, -0.1) is 0 Å². The fraction of sp³-hybridized carbons (Fsp3) is 0.500. The maximum atomic E-state index is 11.8. The number of nitrogens with one attached hydrogen (secondary N) is 2. The van der Waals surface area contributed by atoms with Crippen molar-refractivity contribution < 1.29 is 23.8 Å². The summed E-state index contributed by atoms with van der Waals surface area (Å²) in [5, 5.41) is 5.27. The largest absolute Gasteiger partial charge is 0.493 e. The molecule has 0 radical (unpaired) electrons. The molecule has 0 heterocycles. The van der Waals surface area contributed by atoms with Crippen molar-refractivity contribution in [2.24, 2.45) is 0 Å². The van der Waals surface area contributed by atoms with Gasteiger partial charge in [-0.1, -0.05) is 6.07 Å². The second kappa shape index (κ2) is 10.3. The number of amides is 2. The zero-order valence-electron chi connectivity index (χ0n) is 13.8. The van der Waals surface area contributed by atoms with Gasteiger partial charge in [0.15, 0.2) is 11.5 Å². The fourth-order valence-corrected chi connectivity index (χ4v) is 1.93. The number of alkyl carbamates (subject to hydrolysis) is 1. The van der Waals surface area contributed by atoms with Crippen LogP contribution >= 0.6 is 0 Å². The van der Waals surface area contributed by atoms with Gasteiger partial charge in [-0.3, -0.25) is 4.79 Å². The molecule has 0 aliphatic carbocycles. The smallest absolute Gasteiger partial charge is 0.407 e. The van der Waals surface area contributed by atoms with Gasteiger partial charge in [0.1, 0.15) is 0 Å². The van der Waals surface area contributed by atoms with Crippen LogP contribution in [-0.2, 0) is 16.0 Å². The summed E-state index contributed by atoms with van der Waals surface area (Å²) in [5.41, 5.74) is 0.988. The van der Waals surface area contributed by atoms with Crippen LogP contribution in [-0.4, -0.2) is 45.9 Å². The van der Waals surface area contributed by atoms with Crippen LogP contribution in [0.25, 0.3) is 0 Å². The molecule has 0 aliphatic rings. The van der Waals surface area contributed by atoms with E-state index in [0.29, 0.717) is 44.0 Å². The predicted octanol–water partition coefficient (Wildman–Crippen LogP) is 1.50. The number of carbonyl (C=O) groups is 2. The lowest BCUT2D eigenvalue weighted by atomic mass is 10.1. The van der Waals surface area contributed by atoms with E-state index in [1.807, 2.05) is 18.2 Å². The van der Waals surface area contributed by atoms with E-state index < -0.39 is 6.09 Å². The van der Waals surface area contributed by atoms with Gasteiger partial charge in [0.05, 0.1) is 20.8 Å². The molecule has 23 heavy (non-hydrogen) atoms. The number of methoxy groups -OCH3 is 2. The van der Waals surface area contributed by atoms with Gasteiger partial charge in [0.2, 0.25) is 5.91 Å². The van der Waals surface area contributed by atoms with E-state index in [4.69, 9.17) is 14.2 Å². The second-order valence-corrected chi connectivity index (χ2v) is 4.69. The van der Waals surface area contributed by atoms with E-state index in [9.17, 15) is 9.59 Å². The minimum Gasteiger partial charge on any atom is -0.493 e. The van der Waals surface area contributed by atoms with E-state index >= 15 is 0 Å². The molecular formula is C16H24N2O5. The summed E-state index contributed by atoms with van der Waals surface area (Å²) in [7, 11) is 3.15. The first kappa shape index (κ1) is 18.6. The molecule has 0 spiro atoms. The highest BCUT2D eigenvalue weighted by Gasteiger charge is 2.07. The van der Waals surface area contributed by atoms with Gasteiger partial charge < -0.3 is 24.8 Å². The summed E-state index contributed by atoms with van der Waals surface area (Å²) in [6.45, 7) is 2.75. The van der Waals surface area contributed by atoms with Crippen LogP contribution in [0.4, 0.5) is 4.79 Å². The lowest BCUT2D eigenvalue weighted by Crippen LogP contribution is -2.35. The summed E-state index contributed by atoms with van der Waals surface area (Å²) in [5.74, 6) is 1.22. The Hall–Kier alpha value is -2.44. The van der Waals surface area contributed by atoms with Crippen molar-refractivity contribution in [3.05, 3.63) is 23.8 Å². The Kier molecular flexibility index (Phi) is 8.34. The molecule has 0 atom stereocenters. The van der Waals surface area contributed by atoms with Gasteiger partial charge in [0.25, 0.3) is 0 Å². The normalized spacial score (nSPS) is 9.87. The number of ether oxygens (including phenoxy) is 3. The third-order valence-electron chi connectivity index (χ3n) is 3.08. The molecule has 2 N–H and O–H groups in total. The maximum Gasteiger partial charge on any atom is 0.407 e. The van der Waals surface area contributed by atoms with Crippen molar-refractivity contribution >= 4 is 12.0 Å². The Bertz CT molecular complexity index is 519. The second-order valence-electron chi connectivity index (χ2n) is 4.69. The standard InChI is InChI=1S/C16H24N2O5/c1-4-23-16(20)18-10-9-17-15(19)8-6-12-5-7-13(21-2)14(11-12)22-3/h5,7,11H,4,6,8-10H2,1-3H3,(H,17,19)(H,18,20). The molecule has 0 unspecified atom stereocenters. The lowest BCUT2D eigenvalue weighted by Gasteiger charge is -2.10. The molecule has 1 rings (SSSR count). The molecule has 0 saturated carbocycles. The summed E-state index contributed by atoms with van der Waals surface area (Å²) in [6, 6.07) is 5.57. The first-order valence-electron chi connectivity index (χ1n) is 7.49. The SMILES string of the molecule is CCOC(=O)NCCNC(=O)CCc1ccc(OC)c(OC)c1. The van der Waals surface area contributed by atoms with Gasteiger partial charge in [-0.2, -0.15) is 0 Å². The number of hydrogen-bond donors (Lipinski definition) is 2. The molecule has 0 bridgehead atoms. The van der Waals surface area contributed by atoms with E-state index in [2.05, 4.69) is 10.6 Å². The number of aryl methyl sites for hydroxylation is 1. The van der Waals surface area contributed by atoms with E-state index in [1.54, 1.807) is 21.1 Å². The monoisotopic (exact) mass is 324 g/mol. The van der Waals surface area contributed by atoms with Gasteiger partial charge in [0, 0.05) is 19.5 Å². The summed E-state index contributed by atoms with van der Waals surface area (Å²) < 4.78 is 15.1. The highest BCUT2D eigenvalue weighted by atomic mass is 16.5. The van der Waals surface area contributed by atoms with Crippen molar-refractivity contribution in [1.29, 1.82) is 0 Å². The van der Waals surface area contributed by atoms with Crippen LogP contribution in [0.5, 0.6) is 11.5 Å². The molecule has 7 nitrogen and oxygen atoms in total. The molecule has 1 aromatic carbocycles. The third-order valence-corrected chi connectivity index (χ3v) is 3.08. The molecule has 0 fully saturated rings. The molecule has 1 aromatic rings. The Balaban J connectivity index is 2.29. The molecule has 128 valence electrons. The van der Waals surface area contributed by atoms with Crippen LogP contribution in [0.3, 0.4) is 0 Å². The topological polar surface area (TPSA) is 85.9 Å². The molecular weight excluding hydrogens is 300 g/mol. The molecule has 0 aliphatic heterocycles. The Morgan fingerprint density at radius 2 is 1.74 bits per heavy atom. The fourth-order valence-electron chi connectivity index (χ4n) is 1.93. The van der Waals surface area contributed by atoms with Crippen molar-refractivity contribution in [3.8, 4) is 11.5 Å². The van der Waals surface area contributed by atoms with Crippen molar-refractivity contribution in [2.45, 2.75) is 19.8 Å². The molecule has 0 saturated heterocycles. The summed E-state index contributed by atoms with van der Waals surface area (Å²) >= 11 is 0. The first-order valence-corrected chi connectivity index (χ1v) is 7.49. The van der Waals surface area contributed by atoms with Crippen LogP contribution in [0.2, 0.25) is 0 Å². The maximum absolute atomic E-state index is 11.8. The van der Waals surface area contributed by atoms with Crippen molar-refractivity contribution in [3.63, 3.8) is 0 Å². The quantitative estimate of drug-likeness (QED) is 0.672. The Labute approximate surface area is 136 Å². The van der Waals surface area contributed by atoms with Gasteiger partial charge in [-0.25, -0.2) is 4.79 Å². The average Bonchev–Trinajstić information content (AvgIpc) is 2.56. The van der Waals surface area contributed by atoms with Crippen molar-refractivity contribution in [1.82, 2.24) is 10.6 Å². The number of carbonyl (C=O) groups excluding carboxylic acids is 2. The Morgan fingerprint density at radius 1 is 1.04 bits per heavy atom. The van der Waals surface area contributed by atoms with Crippen LogP contribution in [0, 0.1) is 0 Å². The zero-order valence-corrected chi connectivity index (χ0v) is 13.8. The lowest BCUT2D eigenvalue weighted by molar-refractivity contribution is -0.121. The van der Waals surface area contributed by atoms with Gasteiger partial charge >= 0.3 is 6.09 Å². The van der Waals surface area contributed by atoms with E-state index in [1.165, 1.54) is 0 Å². The highest BCUT2D eigenvalue weighted by Crippen LogP contribution is 2.27. The molecule has 2 amide bonds. The predicted molar refractivity (Wildman–Crippen MR) is 85.9 cm³/mol. The number of hydrogen-bond acceptors (Lipinski definition) is 5. The Morgan fingerprint density at radius 3 is 2.39 bits per heavy atom. The van der Waals surface area contributed by atoms with Crippen LogP contribution < -0.4 is 20.1 Å². The minimum absolute atomic E-state index is 0.0783. The van der Waals surface area contributed by atoms with Crippen LogP contribution in [0.15, 0.2) is 18.2 Å². The molecule has 7 heteroatoms. The average molecular weight is 324 g/mol.